The first-order valence-electron chi connectivity index (χ1n) is 9.38. The molecule has 1 amide bonds. The summed E-state index contributed by atoms with van der Waals surface area (Å²) in [6.07, 6.45) is 6.19. The fourth-order valence-electron chi connectivity index (χ4n) is 3.83. The van der Waals surface area contributed by atoms with Gasteiger partial charge in [-0.2, -0.15) is 0 Å². The molecule has 5 nitrogen and oxygen atoms in total. The summed E-state index contributed by atoms with van der Waals surface area (Å²) in [4.78, 5) is 27.1. The lowest BCUT2D eigenvalue weighted by molar-refractivity contribution is -0.117. The van der Waals surface area contributed by atoms with Crippen LogP contribution in [0.4, 0.5) is 5.69 Å². The number of benzene rings is 2. The number of carbonyl (C=O) groups is 2. The molecule has 28 heavy (non-hydrogen) atoms. The Balaban J connectivity index is 1.71. The summed E-state index contributed by atoms with van der Waals surface area (Å²) >= 11 is 1.72. The largest absolute Gasteiger partial charge is 0.375 e. The zero-order valence-corrected chi connectivity index (χ0v) is 17.1. The van der Waals surface area contributed by atoms with E-state index in [1.165, 1.54) is 4.90 Å². The Hall–Kier alpha value is -2.31. The standard InChI is InChI=1S/C22H26N2O3S/c1-24(19-4-3-5-20(13-19)28-2)11-10-22(15-25)9-8-16-12-17(21(26)23-27)6-7-18(16)14-22/h3-7,12-13,15,27H,8-11,14H2,1-2H3,(H,23,26)/t22-/m0/s1. The van der Waals surface area contributed by atoms with Crippen molar-refractivity contribution in [2.24, 2.45) is 5.41 Å². The summed E-state index contributed by atoms with van der Waals surface area (Å²) in [5, 5.41) is 8.81. The van der Waals surface area contributed by atoms with Crippen molar-refractivity contribution in [3.8, 4) is 0 Å². The van der Waals surface area contributed by atoms with Gasteiger partial charge in [0, 0.05) is 35.2 Å². The van der Waals surface area contributed by atoms with Gasteiger partial charge in [0.15, 0.2) is 0 Å². The van der Waals surface area contributed by atoms with E-state index < -0.39 is 5.91 Å². The van der Waals surface area contributed by atoms with E-state index in [1.54, 1.807) is 23.3 Å². The molecule has 2 aromatic carbocycles. The highest BCUT2D eigenvalue weighted by Gasteiger charge is 2.34. The number of hydrogen-bond donors (Lipinski definition) is 2. The number of amides is 1. The predicted molar refractivity (Wildman–Crippen MR) is 112 cm³/mol. The Morgan fingerprint density at radius 3 is 2.82 bits per heavy atom. The first-order valence-corrected chi connectivity index (χ1v) is 10.6. The molecule has 2 aromatic rings. The molecular weight excluding hydrogens is 372 g/mol. The summed E-state index contributed by atoms with van der Waals surface area (Å²) in [6, 6.07) is 13.8. The lowest BCUT2D eigenvalue weighted by Crippen LogP contribution is -2.35. The van der Waals surface area contributed by atoms with E-state index in [1.807, 2.05) is 12.1 Å². The van der Waals surface area contributed by atoms with Crippen LogP contribution in [0, 0.1) is 5.41 Å². The maximum Gasteiger partial charge on any atom is 0.274 e. The van der Waals surface area contributed by atoms with Crippen molar-refractivity contribution in [3.05, 3.63) is 59.2 Å². The maximum atomic E-state index is 12.0. The highest BCUT2D eigenvalue weighted by Crippen LogP contribution is 2.37. The van der Waals surface area contributed by atoms with E-state index in [2.05, 4.69) is 42.5 Å². The van der Waals surface area contributed by atoms with Crippen LogP contribution in [0.5, 0.6) is 0 Å². The Bertz CT molecular complexity index is 871. The van der Waals surface area contributed by atoms with Crippen molar-refractivity contribution in [2.75, 3.05) is 24.7 Å². The number of carbonyl (C=O) groups excluding carboxylic acids is 2. The molecule has 148 valence electrons. The van der Waals surface area contributed by atoms with Gasteiger partial charge in [-0.25, -0.2) is 5.48 Å². The molecule has 0 saturated heterocycles. The van der Waals surface area contributed by atoms with Crippen LogP contribution in [0.2, 0.25) is 0 Å². The van der Waals surface area contributed by atoms with E-state index >= 15 is 0 Å². The van der Waals surface area contributed by atoms with E-state index in [0.717, 1.165) is 48.9 Å². The molecule has 3 rings (SSSR count). The Labute approximate surface area is 170 Å². The van der Waals surface area contributed by atoms with Gasteiger partial charge in [0.1, 0.15) is 6.29 Å². The average molecular weight is 399 g/mol. The fraction of sp³-hybridized carbons (Fsp3) is 0.364. The second-order valence-corrected chi connectivity index (χ2v) is 8.33. The molecule has 0 saturated carbocycles. The zero-order valence-electron chi connectivity index (χ0n) is 16.3. The number of aldehydes is 1. The summed E-state index contributed by atoms with van der Waals surface area (Å²) in [7, 11) is 2.06. The molecule has 0 unspecified atom stereocenters. The Morgan fingerprint density at radius 2 is 2.11 bits per heavy atom. The third-order valence-corrected chi connectivity index (χ3v) is 6.42. The Morgan fingerprint density at radius 1 is 1.29 bits per heavy atom. The molecule has 6 heteroatoms. The van der Waals surface area contributed by atoms with Crippen molar-refractivity contribution >= 4 is 29.6 Å². The van der Waals surface area contributed by atoms with Crippen LogP contribution >= 0.6 is 11.8 Å². The third kappa shape index (κ3) is 4.39. The summed E-state index contributed by atoms with van der Waals surface area (Å²) in [6.45, 7) is 0.802. The van der Waals surface area contributed by atoms with Crippen LogP contribution in [0.3, 0.4) is 0 Å². The number of thioether (sulfide) groups is 1. The van der Waals surface area contributed by atoms with E-state index in [9.17, 15) is 9.59 Å². The minimum atomic E-state index is -0.510. The zero-order chi connectivity index (χ0) is 20.1. The smallest absolute Gasteiger partial charge is 0.274 e. The van der Waals surface area contributed by atoms with Crippen LogP contribution < -0.4 is 10.4 Å². The van der Waals surface area contributed by atoms with E-state index in [-0.39, 0.29) is 5.41 Å². The quantitative estimate of drug-likeness (QED) is 0.322. The van der Waals surface area contributed by atoms with E-state index in [4.69, 9.17) is 5.21 Å². The number of nitrogens with zero attached hydrogens (tertiary/aromatic N) is 1. The normalized spacial score (nSPS) is 18.2. The maximum absolute atomic E-state index is 12.0. The molecule has 2 N–H and O–H groups in total. The molecule has 0 heterocycles. The van der Waals surface area contributed by atoms with Crippen molar-refractivity contribution in [2.45, 2.75) is 30.6 Å². The highest BCUT2D eigenvalue weighted by molar-refractivity contribution is 7.98. The number of rotatable bonds is 7. The van der Waals surface area contributed by atoms with Crippen LogP contribution in [-0.2, 0) is 17.6 Å². The molecule has 1 aliphatic carbocycles. The third-order valence-electron chi connectivity index (χ3n) is 5.69. The molecule has 0 fully saturated rings. The Kier molecular flexibility index (Phi) is 6.42. The van der Waals surface area contributed by atoms with Crippen molar-refractivity contribution in [1.29, 1.82) is 0 Å². The van der Waals surface area contributed by atoms with Gasteiger partial charge in [0.2, 0.25) is 0 Å². The van der Waals surface area contributed by atoms with Crippen LogP contribution in [0.25, 0.3) is 0 Å². The van der Waals surface area contributed by atoms with Crippen LogP contribution in [-0.4, -0.2) is 37.2 Å². The summed E-state index contributed by atoms with van der Waals surface area (Å²) in [5.74, 6) is -0.510. The lowest BCUT2D eigenvalue weighted by atomic mass is 9.70. The number of hydroxylamine groups is 1. The molecule has 1 atom stereocenters. The van der Waals surface area contributed by atoms with Crippen molar-refractivity contribution in [1.82, 2.24) is 5.48 Å². The van der Waals surface area contributed by atoms with Gasteiger partial charge >= 0.3 is 0 Å². The second-order valence-electron chi connectivity index (χ2n) is 7.45. The summed E-state index contributed by atoms with van der Waals surface area (Å²) < 4.78 is 0. The number of hydrogen-bond acceptors (Lipinski definition) is 5. The van der Waals surface area contributed by atoms with Gasteiger partial charge < -0.3 is 9.69 Å². The van der Waals surface area contributed by atoms with Crippen LogP contribution in [0.15, 0.2) is 47.4 Å². The second kappa shape index (κ2) is 8.80. The van der Waals surface area contributed by atoms with Gasteiger partial charge in [-0.1, -0.05) is 12.1 Å². The molecule has 0 spiro atoms. The predicted octanol–water partition coefficient (Wildman–Crippen LogP) is 3.73. The topological polar surface area (TPSA) is 69.6 Å². The summed E-state index contributed by atoms with van der Waals surface area (Å²) in [5.41, 5.74) is 5.08. The number of fused-ring (bicyclic) bond motifs is 1. The number of anilines is 1. The molecule has 0 aromatic heterocycles. The van der Waals surface area contributed by atoms with Crippen LogP contribution in [0.1, 0.15) is 34.3 Å². The average Bonchev–Trinajstić information content (AvgIpc) is 2.76. The van der Waals surface area contributed by atoms with Crippen molar-refractivity contribution < 1.29 is 14.8 Å². The SMILES string of the molecule is CSc1cccc(N(C)CC[C@@]2(C=O)CCc3cc(C(=O)NO)ccc3C2)c1. The van der Waals surface area contributed by atoms with E-state index in [0.29, 0.717) is 12.0 Å². The van der Waals surface area contributed by atoms with Gasteiger partial charge in [-0.3, -0.25) is 10.0 Å². The number of aryl methyl sites for hydroxylation is 1. The molecule has 1 aliphatic rings. The molecule has 0 aliphatic heterocycles. The van der Waals surface area contributed by atoms with Gasteiger partial charge in [0.05, 0.1) is 0 Å². The monoisotopic (exact) mass is 398 g/mol. The number of nitrogens with one attached hydrogen (secondary N) is 1. The minimum absolute atomic E-state index is 0.376. The van der Waals surface area contributed by atoms with Crippen molar-refractivity contribution in [3.63, 3.8) is 0 Å². The first-order chi connectivity index (χ1) is 13.5. The minimum Gasteiger partial charge on any atom is -0.375 e. The molecular formula is C22H26N2O3S. The molecule has 0 radical (unpaired) electrons. The fourth-order valence-corrected chi connectivity index (χ4v) is 4.28. The van der Waals surface area contributed by atoms with Gasteiger partial charge in [0.25, 0.3) is 5.91 Å². The first kappa shape index (κ1) is 20.4. The highest BCUT2D eigenvalue weighted by atomic mass is 32.2. The van der Waals surface area contributed by atoms with Gasteiger partial charge in [-0.05, 0) is 73.4 Å². The molecule has 0 bridgehead atoms. The lowest BCUT2D eigenvalue weighted by Gasteiger charge is -2.35. The van der Waals surface area contributed by atoms with Gasteiger partial charge in [-0.15, -0.1) is 11.8 Å².